The number of rotatable bonds is 5. The number of thioether (sulfide) groups is 1. The number of morpholine rings is 1. The fraction of sp³-hybridized carbons (Fsp3) is 0.200. The van der Waals surface area contributed by atoms with Crippen LogP contribution in [0.4, 0.5) is 16.2 Å². The van der Waals surface area contributed by atoms with Gasteiger partial charge in [-0.3, -0.25) is 24.1 Å². The Labute approximate surface area is 204 Å². The second-order valence-electron chi connectivity index (χ2n) is 7.98. The molecule has 0 radical (unpaired) electrons. The van der Waals surface area contributed by atoms with Gasteiger partial charge in [0.1, 0.15) is 18.4 Å². The minimum Gasteiger partial charge on any atom is -0.463 e. The zero-order chi connectivity index (χ0) is 24.4. The fourth-order valence-electron chi connectivity index (χ4n) is 3.89. The van der Waals surface area contributed by atoms with Crippen LogP contribution in [0, 0.1) is 0 Å². The van der Waals surface area contributed by atoms with E-state index >= 15 is 0 Å². The van der Waals surface area contributed by atoms with Crippen molar-refractivity contribution in [2.45, 2.75) is 0 Å². The van der Waals surface area contributed by atoms with Gasteiger partial charge in [-0.1, -0.05) is 12.1 Å². The molecule has 0 aliphatic carbocycles. The van der Waals surface area contributed by atoms with E-state index in [1.807, 2.05) is 12.1 Å². The Morgan fingerprint density at radius 2 is 1.77 bits per heavy atom. The van der Waals surface area contributed by atoms with Gasteiger partial charge < -0.3 is 19.4 Å². The van der Waals surface area contributed by atoms with Crippen LogP contribution in [0.1, 0.15) is 5.56 Å². The molecule has 2 fully saturated rings. The molecule has 2 aromatic carbocycles. The summed E-state index contributed by atoms with van der Waals surface area (Å²) in [6.07, 6.45) is 2.58. The summed E-state index contributed by atoms with van der Waals surface area (Å²) < 4.78 is 10.8. The Kier molecular flexibility index (Phi) is 6.39. The lowest BCUT2D eigenvalue weighted by Gasteiger charge is -2.28. The van der Waals surface area contributed by atoms with Crippen LogP contribution in [0.25, 0.3) is 17.0 Å². The predicted octanol–water partition coefficient (Wildman–Crippen LogP) is 3.30. The third-order valence-corrected chi connectivity index (χ3v) is 6.60. The lowest BCUT2D eigenvalue weighted by Crippen LogP contribution is -2.36. The summed E-state index contributed by atoms with van der Waals surface area (Å²) in [6, 6.07) is 14.1. The fourth-order valence-corrected chi connectivity index (χ4v) is 4.72. The molecule has 5 rings (SSSR count). The standard InChI is InChI=1S/C25H21N3O6S/c29-22(26-17-5-7-18(8-6-17)27-9-11-33-12-10-27)14-28-24(31)21(35-25(28)32)13-16-15-34-20-4-2-1-3-19(20)23(16)30/h1-8,13,15H,9-12,14H2,(H,26,29)/b21-13+. The van der Waals surface area contributed by atoms with Crippen LogP contribution in [-0.4, -0.2) is 54.8 Å². The van der Waals surface area contributed by atoms with Crippen molar-refractivity contribution in [3.8, 4) is 0 Å². The number of benzene rings is 2. The summed E-state index contributed by atoms with van der Waals surface area (Å²) in [4.78, 5) is 53.5. The number of carbonyl (C=O) groups is 3. The van der Waals surface area contributed by atoms with E-state index in [0.717, 1.165) is 23.7 Å². The maximum Gasteiger partial charge on any atom is 0.294 e. The van der Waals surface area contributed by atoms with E-state index < -0.39 is 23.6 Å². The molecule has 0 spiro atoms. The molecule has 2 aliphatic rings. The summed E-state index contributed by atoms with van der Waals surface area (Å²) in [5.74, 6) is -1.14. The van der Waals surface area contributed by atoms with Gasteiger partial charge in [0.05, 0.1) is 29.1 Å². The number of nitrogens with zero attached hydrogens (tertiary/aromatic N) is 2. The highest BCUT2D eigenvalue weighted by Gasteiger charge is 2.36. The van der Waals surface area contributed by atoms with E-state index in [0.29, 0.717) is 41.6 Å². The van der Waals surface area contributed by atoms with Crippen LogP contribution in [-0.2, 0) is 14.3 Å². The van der Waals surface area contributed by atoms with Gasteiger partial charge in [-0.15, -0.1) is 0 Å². The van der Waals surface area contributed by atoms with Crippen molar-refractivity contribution in [2.24, 2.45) is 0 Å². The number of nitrogens with one attached hydrogen (secondary N) is 1. The molecule has 3 amide bonds. The summed E-state index contributed by atoms with van der Waals surface area (Å²) in [6.45, 7) is 2.53. The lowest BCUT2D eigenvalue weighted by atomic mass is 10.1. The zero-order valence-electron chi connectivity index (χ0n) is 18.6. The van der Waals surface area contributed by atoms with Gasteiger partial charge >= 0.3 is 0 Å². The molecule has 0 bridgehead atoms. The summed E-state index contributed by atoms with van der Waals surface area (Å²) in [7, 11) is 0. The molecule has 2 saturated heterocycles. The summed E-state index contributed by atoms with van der Waals surface area (Å²) >= 11 is 0.679. The second-order valence-corrected chi connectivity index (χ2v) is 8.97. The van der Waals surface area contributed by atoms with Crippen LogP contribution in [0.2, 0.25) is 0 Å². The number of amides is 3. The molecule has 2 aliphatic heterocycles. The Morgan fingerprint density at radius 3 is 2.54 bits per heavy atom. The number of ether oxygens (including phenoxy) is 1. The average Bonchev–Trinajstić information content (AvgIpc) is 3.14. The van der Waals surface area contributed by atoms with Crippen molar-refractivity contribution >= 4 is 57.2 Å². The number of para-hydroxylation sites is 1. The van der Waals surface area contributed by atoms with E-state index in [-0.39, 0.29) is 15.9 Å². The van der Waals surface area contributed by atoms with Gasteiger partial charge in [-0.25, -0.2) is 0 Å². The van der Waals surface area contributed by atoms with Gasteiger partial charge in [0.15, 0.2) is 5.43 Å². The molecule has 10 heteroatoms. The zero-order valence-corrected chi connectivity index (χ0v) is 19.4. The first kappa shape index (κ1) is 22.9. The van der Waals surface area contributed by atoms with Crippen molar-refractivity contribution in [1.82, 2.24) is 4.90 Å². The number of anilines is 2. The van der Waals surface area contributed by atoms with Gasteiger partial charge in [0, 0.05) is 24.5 Å². The minimum atomic E-state index is -0.634. The van der Waals surface area contributed by atoms with Crippen LogP contribution in [0.15, 0.2) is 68.9 Å². The van der Waals surface area contributed by atoms with Crippen LogP contribution < -0.4 is 15.6 Å². The van der Waals surface area contributed by atoms with Gasteiger partial charge in [-0.2, -0.15) is 0 Å². The minimum absolute atomic E-state index is 0.0558. The van der Waals surface area contributed by atoms with Crippen LogP contribution >= 0.6 is 11.8 Å². The quantitative estimate of drug-likeness (QED) is 0.542. The maximum atomic E-state index is 12.8. The van der Waals surface area contributed by atoms with E-state index in [2.05, 4.69) is 10.2 Å². The molecule has 1 N–H and O–H groups in total. The largest absolute Gasteiger partial charge is 0.463 e. The molecule has 0 saturated carbocycles. The first-order chi connectivity index (χ1) is 17.0. The predicted molar refractivity (Wildman–Crippen MR) is 133 cm³/mol. The first-order valence-electron chi connectivity index (χ1n) is 11.0. The molecular formula is C25H21N3O6S. The smallest absolute Gasteiger partial charge is 0.294 e. The average molecular weight is 492 g/mol. The third kappa shape index (κ3) is 4.84. The molecule has 0 atom stereocenters. The normalized spacial score (nSPS) is 17.4. The van der Waals surface area contributed by atoms with Crippen molar-refractivity contribution < 1.29 is 23.5 Å². The Morgan fingerprint density at radius 1 is 1.03 bits per heavy atom. The molecule has 9 nitrogen and oxygen atoms in total. The monoisotopic (exact) mass is 491 g/mol. The number of imide groups is 1. The van der Waals surface area contributed by atoms with Crippen molar-refractivity contribution in [1.29, 1.82) is 0 Å². The Hall–Kier alpha value is -3.89. The molecule has 3 heterocycles. The molecule has 3 aromatic rings. The molecule has 35 heavy (non-hydrogen) atoms. The van der Waals surface area contributed by atoms with E-state index in [4.69, 9.17) is 9.15 Å². The molecule has 178 valence electrons. The number of hydrogen-bond acceptors (Lipinski definition) is 8. The Bertz CT molecular complexity index is 1390. The lowest BCUT2D eigenvalue weighted by molar-refractivity contribution is -0.127. The number of hydrogen-bond donors (Lipinski definition) is 1. The Balaban J connectivity index is 1.25. The number of carbonyl (C=O) groups excluding carboxylic acids is 3. The van der Waals surface area contributed by atoms with E-state index in [1.165, 1.54) is 12.3 Å². The van der Waals surface area contributed by atoms with Crippen molar-refractivity contribution in [2.75, 3.05) is 43.1 Å². The maximum absolute atomic E-state index is 12.8. The highest BCUT2D eigenvalue weighted by Crippen LogP contribution is 2.32. The van der Waals surface area contributed by atoms with E-state index in [1.54, 1.807) is 36.4 Å². The van der Waals surface area contributed by atoms with Crippen LogP contribution in [0.3, 0.4) is 0 Å². The summed E-state index contributed by atoms with van der Waals surface area (Å²) in [5, 5.41) is 2.51. The van der Waals surface area contributed by atoms with Gasteiger partial charge in [0.2, 0.25) is 5.91 Å². The topological polar surface area (TPSA) is 109 Å². The van der Waals surface area contributed by atoms with Crippen molar-refractivity contribution in [3.05, 3.63) is 75.5 Å². The summed E-state index contributed by atoms with van der Waals surface area (Å²) in [5.41, 5.74) is 1.86. The second kappa shape index (κ2) is 9.77. The van der Waals surface area contributed by atoms with Gasteiger partial charge in [-0.05, 0) is 54.2 Å². The molecular weight excluding hydrogens is 470 g/mol. The number of fused-ring (bicyclic) bond motifs is 1. The molecule has 1 aromatic heterocycles. The SMILES string of the molecule is O=C(CN1C(=O)S/C(=C/c2coc3ccccc3c2=O)C1=O)Nc1ccc(N2CCOCC2)cc1. The molecule has 0 unspecified atom stereocenters. The third-order valence-electron chi connectivity index (χ3n) is 5.70. The highest BCUT2D eigenvalue weighted by molar-refractivity contribution is 8.18. The van der Waals surface area contributed by atoms with E-state index in [9.17, 15) is 19.2 Å². The first-order valence-corrected chi connectivity index (χ1v) is 11.8. The van der Waals surface area contributed by atoms with Gasteiger partial charge in [0.25, 0.3) is 11.1 Å². The highest BCUT2D eigenvalue weighted by atomic mass is 32.2. The van der Waals surface area contributed by atoms with Crippen molar-refractivity contribution in [3.63, 3.8) is 0 Å². The van der Waals surface area contributed by atoms with Crippen LogP contribution in [0.5, 0.6) is 0 Å².